The van der Waals surface area contributed by atoms with Gasteiger partial charge in [0.2, 0.25) is 0 Å². The van der Waals surface area contributed by atoms with E-state index in [0.717, 1.165) is 55.0 Å². The Labute approximate surface area is 203 Å². The molecule has 0 unspecified atom stereocenters. The van der Waals surface area contributed by atoms with Crippen molar-refractivity contribution in [3.05, 3.63) is 70.2 Å². The Bertz CT molecular complexity index is 1100. The number of nitrogens with zero attached hydrogens (tertiary/aromatic N) is 6. The van der Waals surface area contributed by atoms with Crippen molar-refractivity contribution in [3.8, 4) is 11.8 Å². The summed E-state index contributed by atoms with van der Waals surface area (Å²) in [4.78, 5) is 4.50. The van der Waals surface area contributed by atoms with Crippen LogP contribution in [-0.4, -0.2) is 53.0 Å². The average molecular weight is 509 g/mol. The smallest absolute Gasteiger partial charge is 0.139 e. The van der Waals surface area contributed by atoms with E-state index in [1.165, 1.54) is 5.56 Å². The van der Waals surface area contributed by atoms with Crippen LogP contribution in [0.3, 0.4) is 0 Å². The molecule has 2 aromatic carbocycles. The normalized spacial score (nSPS) is 14.5. The average Bonchev–Trinajstić information content (AvgIpc) is 3.26. The predicted octanol–water partition coefficient (Wildman–Crippen LogP) is 4.34. The number of aromatic nitrogens is 3. The second-order valence-corrected chi connectivity index (χ2v) is 9.37. The molecule has 7 nitrogen and oxygen atoms in total. The third kappa shape index (κ3) is 5.55. The summed E-state index contributed by atoms with van der Waals surface area (Å²) in [5, 5.41) is 18.3. The van der Waals surface area contributed by atoms with Crippen molar-refractivity contribution in [1.29, 1.82) is 5.26 Å². The van der Waals surface area contributed by atoms with Crippen LogP contribution >= 0.6 is 15.9 Å². The lowest BCUT2D eigenvalue weighted by molar-refractivity contribution is 0.232. The molecule has 0 radical (unpaired) electrons. The summed E-state index contributed by atoms with van der Waals surface area (Å²) in [7, 11) is 4.07. The van der Waals surface area contributed by atoms with Gasteiger partial charge in [0.05, 0.1) is 5.69 Å². The van der Waals surface area contributed by atoms with Gasteiger partial charge in [-0.1, -0.05) is 30.3 Å². The fourth-order valence-electron chi connectivity index (χ4n) is 4.39. The van der Waals surface area contributed by atoms with Crippen LogP contribution in [0.5, 0.6) is 5.75 Å². The van der Waals surface area contributed by atoms with Gasteiger partial charge in [0, 0.05) is 43.6 Å². The number of piperidine rings is 1. The zero-order chi connectivity index (χ0) is 23.2. The lowest BCUT2D eigenvalue weighted by atomic mass is 9.95. The van der Waals surface area contributed by atoms with E-state index in [2.05, 4.69) is 73.3 Å². The van der Waals surface area contributed by atoms with Crippen molar-refractivity contribution in [1.82, 2.24) is 19.7 Å². The minimum absolute atomic E-state index is 0.387. The van der Waals surface area contributed by atoms with Crippen molar-refractivity contribution in [2.24, 2.45) is 7.05 Å². The van der Waals surface area contributed by atoms with Gasteiger partial charge in [-0.15, -0.1) is 10.2 Å². The molecule has 0 N–H and O–H groups in total. The highest BCUT2D eigenvalue weighted by molar-refractivity contribution is 9.10. The molecular weight excluding hydrogens is 480 g/mol. The van der Waals surface area contributed by atoms with Crippen LogP contribution in [0.1, 0.15) is 35.7 Å². The highest BCUT2D eigenvalue weighted by Gasteiger charge is 2.27. The van der Waals surface area contributed by atoms with Crippen molar-refractivity contribution >= 4 is 21.6 Å². The molecule has 3 aromatic rings. The number of anilines is 1. The van der Waals surface area contributed by atoms with E-state index in [9.17, 15) is 5.26 Å². The zero-order valence-corrected chi connectivity index (χ0v) is 20.7. The molecule has 1 saturated heterocycles. The molecule has 8 heteroatoms. The van der Waals surface area contributed by atoms with E-state index in [-0.39, 0.29) is 0 Å². The van der Waals surface area contributed by atoms with Gasteiger partial charge in [0.25, 0.3) is 0 Å². The van der Waals surface area contributed by atoms with Crippen molar-refractivity contribution < 1.29 is 4.74 Å². The van der Waals surface area contributed by atoms with E-state index < -0.39 is 0 Å². The van der Waals surface area contributed by atoms with Crippen molar-refractivity contribution in [2.45, 2.75) is 25.3 Å². The third-order valence-electron chi connectivity index (χ3n) is 6.15. The van der Waals surface area contributed by atoms with Crippen molar-refractivity contribution in [2.75, 3.05) is 38.2 Å². The number of nitriles is 1. The fourth-order valence-corrected chi connectivity index (χ4v) is 4.97. The number of rotatable bonds is 8. The first-order valence-corrected chi connectivity index (χ1v) is 12.0. The lowest BCUT2D eigenvalue weighted by Gasteiger charge is -2.34. The second kappa shape index (κ2) is 10.8. The van der Waals surface area contributed by atoms with Crippen LogP contribution in [0, 0.1) is 11.3 Å². The molecule has 33 heavy (non-hydrogen) atoms. The second-order valence-electron chi connectivity index (χ2n) is 8.51. The van der Waals surface area contributed by atoms with Gasteiger partial charge in [0.1, 0.15) is 36.1 Å². The molecule has 1 fully saturated rings. The van der Waals surface area contributed by atoms with E-state index >= 15 is 0 Å². The fraction of sp³-hybridized carbons (Fsp3) is 0.400. The molecule has 0 bridgehead atoms. The van der Waals surface area contributed by atoms with Crippen LogP contribution in [0.15, 0.2) is 53.3 Å². The van der Waals surface area contributed by atoms with Gasteiger partial charge >= 0.3 is 0 Å². The molecule has 0 saturated carbocycles. The molecule has 1 aromatic heterocycles. The van der Waals surface area contributed by atoms with Crippen LogP contribution in [0.25, 0.3) is 0 Å². The first kappa shape index (κ1) is 23.3. The van der Waals surface area contributed by atoms with Gasteiger partial charge < -0.3 is 14.2 Å². The lowest BCUT2D eigenvalue weighted by Crippen LogP contribution is -2.34. The van der Waals surface area contributed by atoms with Crippen LogP contribution in [-0.2, 0) is 13.6 Å². The molecule has 0 aliphatic carbocycles. The molecule has 4 rings (SSSR count). The van der Waals surface area contributed by atoms with E-state index in [1.54, 1.807) is 6.33 Å². The molecule has 1 aliphatic heterocycles. The molecule has 172 valence electrons. The van der Waals surface area contributed by atoms with E-state index in [4.69, 9.17) is 4.74 Å². The maximum atomic E-state index is 9.99. The number of aryl methyl sites for hydroxylation is 1. The summed E-state index contributed by atoms with van der Waals surface area (Å²) in [6.45, 7) is 3.87. The highest BCUT2D eigenvalue weighted by Crippen LogP contribution is 2.39. The number of halogens is 1. The number of hydrogen-bond donors (Lipinski definition) is 0. The predicted molar refractivity (Wildman–Crippen MR) is 132 cm³/mol. The van der Waals surface area contributed by atoms with Crippen LogP contribution in [0.2, 0.25) is 0 Å². The van der Waals surface area contributed by atoms with Crippen molar-refractivity contribution in [3.63, 3.8) is 0 Å². The molecular formula is C25H29BrN6O. The standard InChI is InChI=1S/C25H29BrN6O/c1-30(17-19-6-4-3-5-7-19)14-15-33-23-9-8-22(26)24(21(23)16-27)32-12-10-20(11-13-32)25-29-28-18-31(25)2/h3-9,18,20H,10-15,17H2,1-2H3. The summed E-state index contributed by atoms with van der Waals surface area (Å²) in [6.07, 6.45) is 3.70. The maximum Gasteiger partial charge on any atom is 0.139 e. The molecule has 2 heterocycles. The van der Waals surface area contributed by atoms with E-state index in [1.807, 2.05) is 29.8 Å². The van der Waals surface area contributed by atoms with Crippen LogP contribution in [0.4, 0.5) is 5.69 Å². The molecule has 0 atom stereocenters. The topological polar surface area (TPSA) is 70.2 Å². The molecule has 0 amide bonds. The minimum Gasteiger partial charge on any atom is -0.491 e. The Balaban J connectivity index is 1.39. The largest absolute Gasteiger partial charge is 0.491 e. The number of likely N-dealkylation sites (N-methyl/N-ethyl adjacent to an activating group) is 1. The highest BCUT2D eigenvalue weighted by atomic mass is 79.9. The Kier molecular flexibility index (Phi) is 7.63. The van der Waals surface area contributed by atoms with Crippen LogP contribution < -0.4 is 9.64 Å². The molecule has 0 spiro atoms. The minimum atomic E-state index is 0.387. The monoisotopic (exact) mass is 508 g/mol. The molecule has 1 aliphatic rings. The number of hydrogen-bond acceptors (Lipinski definition) is 6. The zero-order valence-electron chi connectivity index (χ0n) is 19.1. The summed E-state index contributed by atoms with van der Waals surface area (Å²) in [6, 6.07) is 16.6. The van der Waals surface area contributed by atoms with Gasteiger partial charge in [0.15, 0.2) is 0 Å². The number of benzene rings is 2. The first-order valence-electron chi connectivity index (χ1n) is 11.2. The maximum absolute atomic E-state index is 9.99. The summed E-state index contributed by atoms with van der Waals surface area (Å²) >= 11 is 3.67. The Morgan fingerprint density at radius 3 is 2.61 bits per heavy atom. The Hall–Kier alpha value is -2.89. The third-order valence-corrected chi connectivity index (χ3v) is 6.79. The summed E-state index contributed by atoms with van der Waals surface area (Å²) < 4.78 is 9.01. The quantitative estimate of drug-likeness (QED) is 0.450. The Morgan fingerprint density at radius 1 is 1.18 bits per heavy atom. The summed E-state index contributed by atoms with van der Waals surface area (Å²) in [5.74, 6) is 2.06. The SMILES string of the molecule is CN(CCOc1ccc(Br)c(N2CCC(c3nncn3C)CC2)c1C#N)Cc1ccccc1. The van der Waals surface area contributed by atoms with Gasteiger partial charge in [-0.25, -0.2) is 0 Å². The van der Waals surface area contributed by atoms with E-state index in [0.29, 0.717) is 23.8 Å². The van der Waals surface area contributed by atoms with Gasteiger partial charge in [-0.3, -0.25) is 4.90 Å². The van der Waals surface area contributed by atoms with Gasteiger partial charge in [-0.05, 0) is 53.5 Å². The first-order chi connectivity index (χ1) is 16.1. The van der Waals surface area contributed by atoms with Gasteiger partial charge in [-0.2, -0.15) is 5.26 Å². The summed E-state index contributed by atoms with van der Waals surface area (Å²) in [5.41, 5.74) is 2.78. The number of ether oxygens (including phenoxy) is 1. The Morgan fingerprint density at radius 2 is 1.94 bits per heavy atom.